The fraction of sp³-hybridized carbons (Fsp3) is 0.500. The van der Waals surface area contributed by atoms with Crippen molar-refractivity contribution in [2.45, 2.75) is 64.6 Å². The number of ether oxygens (including phenoxy) is 1. The number of nitrogens with two attached hydrogens (primary N) is 1. The Bertz CT molecular complexity index is 817. The molecule has 2 rings (SSSR count). The summed E-state index contributed by atoms with van der Waals surface area (Å²) in [5.41, 5.74) is 6.52. The molecule has 1 saturated heterocycles. The molecule has 29 heavy (non-hydrogen) atoms. The highest BCUT2D eigenvalue weighted by Crippen LogP contribution is 2.38. The summed E-state index contributed by atoms with van der Waals surface area (Å²) in [6.07, 6.45) is 3.17. The Kier molecular flexibility index (Phi) is 6.70. The molecule has 1 amide bonds. The smallest absolute Gasteiger partial charge is 0.338 e. The van der Waals surface area contributed by atoms with Crippen LogP contribution in [0.2, 0.25) is 0 Å². The van der Waals surface area contributed by atoms with Gasteiger partial charge in [0.05, 0.1) is 12.2 Å². The van der Waals surface area contributed by atoms with Gasteiger partial charge in [0.1, 0.15) is 11.6 Å². The quantitative estimate of drug-likeness (QED) is 0.448. The van der Waals surface area contributed by atoms with Crippen molar-refractivity contribution in [3.8, 4) is 6.07 Å². The summed E-state index contributed by atoms with van der Waals surface area (Å²) >= 11 is 0. The number of rotatable bonds is 5. The molecule has 156 valence electrons. The van der Waals surface area contributed by atoms with Crippen molar-refractivity contribution < 1.29 is 14.3 Å². The van der Waals surface area contributed by atoms with E-state index in [-0.39, 0.29) is 22.7 Å². The van der Waals surface area contributed by atoms with Gasteiger partial charge in [0.15, 0.2) is 0 Å². The van der Waals surface area contributed by atoms with Crippen LogP contribution >= 0.6 is 0 Å². The van der Waals surface area contributed by atoms with E-state index in [9.17, 15) is 14.9 Å². The van der Waals surface area contributed by atoms with Gasteiger partial charge in [-0.25, -0.2) is 4.79 Å². The number of benzene rings is 1. The Balaban J connectivity index is 2.20. The van der Waals surface area contributed by atoms with Gasteiger partial charge in [0.25, 0.3) is 5.91 Å². The summed E-state index contributed by atoms with van der Waals surface area (Å²) in [6, 6.07) is 8.43. The number of anilines is 1. The van der Waals surface area contributed by atoms with Crippen LogP contribution < -0.4 is 11.1 Å². The number of amides is 1. The van der Waals surface area contributed by atoms with E-state index in [1.807, 2.05) is 6.07 Å². The zero-order valence-corrected chi connectivity index (χ0v) is 17.8. The number of nitriles is 1. The lowest BCUT2D eigenvalue weighted by Gasteiger charge is -2.54. The van der Waals surface area contributed by atoms with Crippen molar-refractivity contribution in [1.82, 2.24) is 4.90 Å². The fourth-order valence-electron chi connectivity index (χ4n) is 4.09. The molecule has 0 aliphatic carbocycles. The van der Waals surface area contributed by atoms with Crippen LogP contribution in [0.1, 0.15) is 57.8 Å². The molecular weight excluding hydrogens is 368 g/mol. The summed E-state index contributed by atoms with van der Waals surface area (Å²) in [5, 5.41) is 12.3. The van der Waals surface area contributed by atoms with Crippen molar-refractivity contribution in [2.75, 3.05) is 11.9 Å². The highest BCUT2D eigenvalue weighted by atomic mass is 16.5. The number of piperidine rings is 1. The van der Waals surface area contributed by atoms with Crippen molar-refractivity contribution in [3.63, 3.8) is 0 Å². The number of nitrogens with zero attached hydrogens (tertiary/aromatic N) is 2. The Morgan fingerprint density at radius 3 is 2.28 bits per heavy atom. The predicted molar refractivity (Wildman–Crippen MR) is 112 cm³/mol. The van der Waals surface area contributed by atoms with Gasteiger partial charge in [-0.15, -0.1) is 0 Å². The summed E-state index contributed by atoms with van der Waals surface area (Å²) in [5.74, 6) is -0.923. The standard InChI is InChI=1S/C22H30N4O3/c1-6-29-20(28)15-7-9-18(10-8-15)25-19(27)16(13-23)14-26-21(2,3)11-17(24)12-22(26,4)5/h7-10,14,17H,6,11-12,24H2,1-5H3,(H,25,27)/b16-14-. The van der Waals surface area contributed by atoms with Gasteiger partial charge in [-0.3, -0.25) is 4.79 Å². The zero-order chi connectivity index (χ0) is 21.8. The summed E-state index contributed by atoms with van der Waals surface area (Å²) in [6.45, 7) is 10.3. The van der Waals surface area contributed by atoms with Gasteiger partial charge < -0.3 is 20.7 Å². The van der Waals surface area contributed by atoms with Crippen LogP contribution in [0.25, 0.3) is 0 Å². The minimum absolute atomic E-state index is 0.0103. The predicted octanol–water partition coefficient (Wildman–Crippen LogP) is 3.19. The number of nitrogens with one attached hydrogen (secondary N) is 1. The van der Waals surface area contributed by atoms with E-state index >= 15 is 0 Å². The molecule has 3 N–H and O–H groups in total. The van der Waals surface area contributed by atoms with E-state index in [4.69, 9.17) is 10.5 Å². The summed E-state index contributed by atoms with van der Waals surface area (Å²) in [4.78, 5) is 26.5. The Morgan fingerprint density at radius 2 is 1.79 bits per heavy atom. The number of likely N-dealkylation sites (tertiary alicyclic amines) is 1. The maximum absolute atomic E-state index is 12.7. The average molecular weight is 399 g/mol. The van der Waals surface area contributed by atoms with Gasteiger partial charge in [-0.2, -0.15) is 5.26 Å². The molecule has 0 radical (unpaired) electrons. The minimum Gasteiger partial charge on any atom is -0.462 e. The van der Waals surface area contributed by atoms with E-state index in [0.717, 1.165) is 12.8 Å². The first-order chi connectivity index (χ1) is 13.5. The molecule has 1 fully saturated rings. The van der Waals surface area contributed by atoms with Gasteiger partial charge >= 0.3 is 5.97 Å². The largest absolute Gasteiger partial charge is 0.462 e. The fourth-order valence-corrected chi connectivity index (χ4v) is 4.09. The number of carbonyl (C=O) groups excluding carboxylic acids is 2. The van der Waals surface area contributed by atoms with Crippen LogP contribution in [0.5, 0.6) is 0 Å². The van der Waals surface area contributed by atoms with E-state index < -0.39 is 11.9 Å². The van der Waals surface area contributed by atoms with Crippen molar-refractivity contribution in [3.05, 3.63) is 41.6 Å². The number of hydrogen-bond donors (Lipinski definition) is 2. The highest BCUT2D eigenvalue weighted by Gasteiger charge is 2.43. The lowest BCUT2D eigenvalue weighted by atomic mass is 9.77. The van der Waals surface area contributed by atoms with E-state index in [1.54, 1.807) is 37.4 Å². The van der Waals surface area contributed by atoms with Crippen molar-refractivity contribution in [1.29, 1.82) is 5.26 Å². The van der Waals surface area contributed by atoms with Crippen LogP contribution in [0.4, 0.5) is 5.69 Å². The molecule has 7 nitrogen and oxygen atoms in total. The Hall–Kier alpha value is -2.85. The molecule has 1 aliphatic heterocycles. The lowest BCUT2D eigenvalue weighted by molar-refractivity contribution is -0.112. The first kappa shape index (κ1) is 22.4. The highest BCUT2D eigenvalue weighted by molar-refractivity contribution is 6.06. The zero-order valence-electron chi connectivity index (χ0n) is 17.8. The monoisotopic (exact) mass is 398 g/mol. The molecular formula is C22H30N4O3. The molecule has 1 heterocycles. The van der Waals surface area contributed by atoms with Crippen LogP contribution in [0, 0.1) is 11.3 Å². The van der Waals surface area contributed by atoms with Crippen LogP contribution in [-0.4, -0.2) is 40.5 Å². The molecule has 0 aromatic heterocycles. The van der Waals surface area contributed by atoms with E-state index in [1.165, 1.54) is 0 Å². The Morgan fingerprint density at radius 1 is 1.24 bits per heavy atom. The topological polar surface area (TPSA) is 108 Å². The van der Waals surface area contributed by atoms with Crippen LogP contribution in [-0.2, 0) is 9.53 Å². The van der Waals surface area contributed by atoms with E-state index in [2.05, 4.69) is 37.9 Å². The molecule has 0 saturated carbocycles. The second kappa shape index (κ2) is 8.66. The molecule has 0 unspecified atom stereocenters. The van der Waals surface area contributed by atoms with Crippen LogP contribution in [0.3, 0.4) is 0 Å². The van der Waals surface area contributed by atoms with E-state index in [0.29, 0.717) is 17.9 Å². The second-order valence-electron chi connectivity index (χ2n) is 8.57. The number of carbonyl (C=O) groups is 2. The van der Waals surface area contributed by atoms with Gasteiger partial charge in [-0.05, 0) is 71.7 Å². The summed E-state index contributed by atoms with van der Waals surface area (Å²) in [7, 11) is 0. The summed E-state index contributed by atoms with van der Waals surface area (Å²) < 4.78 is 4.94. The number of hydrogen-bond acceptors (Lipinski definition) is 6. The average Bonchev–Trinajstić information content (AvgIpc) is 2.60. The minimum atomic E-state index is -0.502. The third-order valence-corrected chi connectivity index (χ3v) is 5.10. The molecule has 0 bridgehead atoms. The maximum Gasteiger partial charge on any atom is 0.338 e. The third-order valence-electron chi connectivity index (χ3n) is 5.10. The molecule has 1 aromatic carbocycles. The number of esters is 1. The first-order valence-corrected chi connectivity index (χ1v) is 9.75. The van der Waals surface area contributed by atoms with Gasteiger partial charge in [0.2, 0.25) is 0 Å². The Labute approximate surface area is 172 Å². The van der Waals surface area contributed by atoms with Crippen molar-refractivity contribution in [2.24, 2.45) is 5.73 Å². The first-order valence-electron chi connectivity index (χ1n) is 9.75. The van der Waals surface area contributed by atoms with Crippen LogP contribution in [0.15, 0.2) is 36.0 Å². The molecule has 0 atom stereocenters. The maximum atomic E-state index is 12.7. The molecule has 1 aromatic rings. The molecule has 7 heteroatoms. The normalized spacial score (nSPS) is 18.7. The molecule has 1 aliphatic rings. The second-order valence-corrected chi connectivity index (χ2v) is 8.57. The van der Waals surface area contributed by atoms with Gasteiger partial charge in [0, 0.05) is 29.0 Å². The van der Waals surface area contributed by atoms with Gasteiger partial charge in [-0.1, -0.05) is 0 Å². The third kappa shape index (κ3) is 5.36. The van der Waals surface area contributed by atoms with Crippen molar-refractivity contribution >= 4 is 17.6 Å². The SMILES string of the molecule is CCOC(=O)c1ccc(NC(=O)/C(C#N)=C\N2C(C)(C)CC(N)CC2(C)C)cc1. The lowest BCUT2D eigenvalue weighted by Crippen LogP contribution is -2.61. The molecule has 0 spiro atoms.